The van der Waals surface area contributed by atoms with E-state index in [2.05, 4.69) is 5.32 Å². The molecule has 4 atom stereocenters. The number of carbonyl (C=O) groups is 2. The van der Waals surface area contributed by atoms with Gasteiger partial charge in [-0.05, 0) is 19.1 Å². The lowest BCUT2D eigenvalue weighted by molar-refractivity contribution is -0.292. The fourth-order valence-corrected chi connectivity index (χ4v) is 3.15. The Hall–Kier alpha value is -0.910. The van der Waals surface area contributed by atoms with Crippen LogP contribution in [-0.4, -0.2) is 82.5 Å². The number of thioether (sulfide) groups is 1. The fraction of sp³-hybridized carbons (Fsp3) is 0.857. The summed E-state index contributed by atoms with van der Waals surface area (Å²) in [6, 6.07) is -0.819. The lowest BCUT2D eigenvalue weighted by Gasteiger charge is -2.43. The number of hydrogen-bond donors (Lipinski definition) is 5. The van der Waals surface area contributed by atoms with E-state index < -0.39 is 42.5 Å². The van der Waals surface area contributed by atoms with Crippen molar-refractivity contribution in [3.63, 3.8) is 0 Å². The van der Waals surface area contributed by atoms with Crippen LogP contribution in [0.3, 0.4) is 0 Å². The number of amides is 1. The van der Waals surface area contributed by atoms with E-state index in [0.29, 0.717) is 13.0 Å². The number of nitrogens with two attached hydrogens (primary N) is 1. The second kappa shape index (κ2) is 10.2. The number of carboxylic acid groups (broad SMARTS) is 1. The highest BCUT2D eigenvalue weighted by Crippen LogP contribution is 2.31. The first kappa shape index (κ1) is 21.1. The number of carboxylic acids is 1. The number of hydrogen-bond acceptors (Lipinski definition) is 8. The van der Waals surface area contributed by atoms with Crippen LogP contribution in [0, 0.1) is 0 Å². The molecule has 0 spiro atoms. The van der Waals surface area contributed by atoms with Crippen LogP contribution in [0.1, 0.15) is 19.8 Å². The number of rotatable bonds is 10. The molecule has 6 N–H and O–H groups in total. The average molecular weight is 366 g/mol. The van der Waals surface area contributed by atoms with Crippen molar-refractivity contribution in [2.75, 3.05) is 31.3 Å². The zero-order chi connectivity index (χ0) is 18.2. The standard InChI is InChI=1S/C14H26N2O7S/c1-9-12(16-11(19)8-17)10(18)7-14(23-9,13(20)21)22-4-2-5-24-6-3-15/h9-10,12,17-18H,2-8,15H2,1H3,(H,16,19)(H,20,21)/t9-,10-,12-,14+/m0/s1. The molecule has 1 aliphatic heterocycles. The van der Waals surface area contributed by atoms with Crippen LogP contribution in [0.15, 0.2) is 0 Å². The third-order valence-corrected chi connectivity index (χ3v) is 4.70. The first-order valence-corrected chi connectivity index (χ1v) is 8.93. The second-order valence-electron chi connectivity index (χ2n) is 5.51. The summed E-state index contributed by atoms with van der Waals surface area (Å²) >= 11 is 1.64. The maximum absolute atomic E-state index is 11.6. The highest BCUT2D eigenvalue weighted by atomic mass is 32.2. The fourth-order valence-electron chi connectivity index (χ4n) is 2.46. The van der Waals surface area contributed by atoms with Crippen molar-refractivity contribution in [2.45, 2.75) is 43.8 Å². The summed E-state index contributed by atoms with van der Waals surface area (Å²) in [6.07, 6.45) is -1.67. The molecule has 1 saturated heterocycles. The molecular weight excluding hydrogens is 340 g/mol. The highest BCUT2D eigenvalue weighted by molar-refractivity contribution is 7.99. The zero-order valence-electron chi connectivity index (χ0n) is 13.6. The predicted molar refractivity (Wildman–Crippen MR) is 87.5 cm³/mol. The largest absolute Gasteiger partial charge is 0.477 e. The smallest absolute Gasteiger partial charge is 0.364 e. The van der Waals surface area contributed by atoms with Gasteiger partial charge in [0, 0.05) is 18.7 Å². The molecule has 9 nitrogen and oxygen atoms in total. The summed E-state index contributed by atoms with van der Waals surface area (Å²) in [5.41, 5.74) is 5.39. The number of aliphatic hydroxyl groups is 2. The molecule has 1 rings (SSSR count). The molecule has 0 aromatic heterocycles. The van der Waals surface area contributed by atoms with Crippen molar-refractivity contribution in [1.29, 1.82) is 0 Å². The summed E-state index contributed by atoms with van der Waals surface area (Å²) in [5, 5.41) is 30.9. The first-order chi connectivity index (χ1) is 11.4. The van der Waals surface area contributed by atoms with E-state index in [1.165, 1.54) is 6.92 Å². The van der Waals surface area contributed by atoms with Crippen molar-refractivity contribution in [3.8, 4) is 0 Å². The minimum atomic E-state index is -1.95. The Morgan fingerprint density at radius 2 is 2.17 bits per heavy atom. The van der Waals surface area contributed by atoms with E-state index in [-0.39, 0.29) is 13.0 Å². The van der Waals surface area contributed by atoms with Gasteiger partial charge in [-0.2, -0.15) is 11.8 Å². The molecule has 0 saturated carbocycles. The Bertz CT molecular complexity index is 412. The Morgan fingerprint density at radius 1 is 1.46 bits per heavy atom. The van der Waals surface area contributed by atoms with Crippen LogP contribution in [0.4, 0.5) is 0 Å². The third-order valence-electron chi connectivity index (χ3n) is 3.60. The Morgan fingerprint density at radius 3 is 2.71 bits per heavy atom. The Kier molecular flexibility index (Phi) is 8.95. The minimum Gasteiger partial charge on any atom is -0.477 e. The van der Waals surface area contributed by atoms with E-state index in [1.54, 1.807) is 11.8 Å². The van der Waals surface area contributed by atoms with Crippen LogP contribution in [-0.2, 0) is 19.1 Å². The van der Waals surface area contributed by atoms with Gasteiger partial charge in [0.15, 0.2) is 0 Å². The van der Waals surface area contributed by atoms with Crippen LogP contribution in [0.25, 0.3) is 0 Å². The van der Waals surface area contributed by atoms with Crippen molar-refractivity contribution in [2.24, 2.45) is 5.73 Å². The van der Waals surface area contributed by atoms with Crippen molar-refractivity contribution < 1.29 is 34.4 Å². The number of nitrogens with one attached hydrogen (secondary N) is 1. The molecule has 24 heavy (non-hydrogen) atoms. The Balaban J connectivity index is 2.62. The third kappa shape index (κ3) is 5.87. The number of aliphatic hydroxyl groups excluding tert-OH is 2. The first-order valence-electron chi connectivity index (χ1n) is 7.77. The molecule has 1 heterocycles. The number of aliphatic carboxylic acids is 1. The Labute approximate surface area is 144 Å². The van der Waals surface area contributed by atoms with Gasteiger partial charge in [0.1, 0.15) is 6.61 Å². The summed E-state index contributed by atoms with van der Waals surface area (Å²) in [6.45, 7) is 1.55. The van der Waals surface area contributed by atoms with Gasteiger partial charge in [-0.1, -0.05) is 0 Å². The molecule has 10 heteroatoms. The summed E-state index contributed by atoms with van der Waals surface area (Å²) in [5.74, 6) is -2.34. The maximum Gasteiger partial charge on any atom is 0.364 e. The van der Waals surface area contributed by atoms with Crippen LogP contribution in [0.2, 0.25) is 0 Å². The summed E-state index contributed by atoms with van der Waals surface area (Å²) in [7, 11) is 0. The normalized spacial score (nSPS) is 30.1. The van der Waals surface area contributed by atoms with Gasteiger partial charge in [-0.15, -0.1) is 0 Å². The topological polar surface area (TPSA) is 151 Å². The van der Waals surface area contributed by atoms with Crippen molar-refractivity contribution >= 4 is 23.6 Å². The monoisotopic (exact) mass is 366 g/mol. The van der Waals surface area contributed by atoms with Gasteiger partial charge >= 0.3 is 5.97 Å². The molecule has 0 aromatic rings. The van der Waals surface area contributed by atoms with E-state index in [0.717, 1.165) is 11.5 Å². The molecule has 1 amide bonds. The van der Waals surface area contributed by atoms with Crippen LogP contribution >= 0.6 is 11.8 Å². The van der Waals surface area contributed by atoms with Gasteiger partial charge in [0.25, 0.3) is 5.79 Å². The molecule has 1 fully saturated rings. The molecule has 0 unspecified atom stereocenters. The van der Waals surface area contributed by atoms with Crippen molar-refractivity contribution in [3.05, 3.63) is 0 Å². The van der Waals surface area contributed by atoms with E-state index >= 15 is 0 Å². The minimum absolute atomic E-state index is 0.164. The zero-order valence-corrected chi connectivity index (χ0v) is 14.5. The van der Waals surface area contributed by atoms with Crippen LogP contribution in [0.5, 0.6) is 0 Å². The second-order valence-corrected chi connectivity index (χ2v) is 6.73. The summed E-state index contributed by atoms with van der Waals surface area (Å²) in [4.78, 5) is 22.9. The number of carbonyl (C=O) groups excluding carboxylic acids is 1. The molecule has 0 aliphatic carbocycles. The van der Waals surface area contributed by atoms with Gasteiger partial charge in [0.2, 0.25) is 5.91 Å². The van der Waals surface area contributed by atoms with Crippen molar-refractivity contribution in [1.82, 2.24) is 5.32 Å². The molecular formula is C14H26N2O7S. The van der Waals surface area contributed by atoms with Crippen LogP contribution < -0.4 is 11.1 Å². The predicted octanol–water partition coefficient (Wildman–Crippen LogP) is -1.49. The van der Waals surface area contributed by atoms with Gasteiger partial charge in [-0.3, -0.25) is 4.79 Å². The van der Waals surface area contributed by atoms with E-state index in [9.17, 15) is 19.8 Å². The molecule has 0 aromatic carbocycles. The number of ether oxygens (including phenoxy) is 2. The lowest BCUT2D eigenvalue weighted by Crippen LogP contribution is -2.63. The SMILES string of the molecule is C[C@@H]1O[C@@](OCCCSCCN)(C(=O)O)C[C@H](O)[C@H]1NC(=O)CO. The van der Waals surface area contributed by atoms with Gasteiger partial charge in [0.05, 0.1) is 24.9 Å². The van der Waals surface area contributed by atoms with Gasteiger partial charge < -0.3 is 35.8 Å². The molecule has 0 bridgehead atoms. The lowest BCUT2D eigenvalue weighted by atomic mass is 9.93. The average Bonchev–Trinajstić information content (AvgIpc) is 2.53. The maximum atomic E-state index is 11.6. The quantitative estimate of drug-likeness (QED) is 0.291. The summed E-state index contributed by atoms with van der Waals surface area (Å²) < 4.78 is 10.9. The molecule has 0 radical (unpaired) electrons. The highest BCUT2D eigenvalue weighted by Gasteiger charge is 2.52. The van der Waals surface area contributed by atoms with E-state index in [4.69, 9.17) is 20.3 Å². The molecule has 140 valence electrons. The molecule has 1 aliphatic rings. The van der Waals surface area contributed by atoms with E-state index in [1.807, 2.05) is 0 Å². The van der Waals surface area contributed by atoms with Gasteiger partial charge in [-0.25, -0.2) is 4.79 Å².